The maximum Gasteiger partial charge on any atom is 0.272 e. The molecule has 1 amide bonds. The van der Waals surface area contributed by atoms with Crippen molar-refractivity contribution in [1.29, 1.82) is 0 Å². The van der Waals surface area contributed by atoms with E-state index in [1.54, 1.807) is 10.7 Å². The Bertz CT molecular complexity index is 929. The van der Waals surface area contributed by atoms with E-state index in [1.165, 1.54) is 11.1 Å². The van der Waals surface area contributed by atoms with E-state index in [2.05, 4.69) is 55.3 Å². The van der Waals surface area contributed by atoms with Gasteiger partial charge >= 0.3 is 0 Å². The molecular weight excluding hydrogens is 324 g/mol. The molecule has 4 rings (SSSR count). The molecule has 134 valence electrons. The Morgan fingerprint density at radius 3 is 2.58 bits per heavy atom. The molecule has 0 spiro atoms. The Morgan fingerprint density at radius 2 is 1.85 bits per heavy atom. The van der Waals surface area contributed by atoms with Crippen LogP contribution in [0, 0.1) is 6.92 Å². The number of benzene rings is 1. The Kier molecular flexibility index (Phi) is 4.24. The first kappa shape index (κ1) is 16.8. The SMILES string of the molecule is Cc1ccc(C2CN(C(=O)c3cccc4ccnn34)CC2N(C)C)cc1. The van der Waals surface area contributed by atoms with E-state index in [-0.39, 0.29) is 5.91 Å². The lowest BCUT2D eigenvalue weighted by Gasteiger charge is -2.25. The monoisotopic (exact) mass is 348 g/mol. The first-order chi connectivity index (χ1) is 12.5. The fraction of sp³-hybridized carbons (Fsp3) is 0.333. The highest BCUT2D eigenvalue weighted by molar-refractivity contribution is 5.93. The van der Waals surface area contributed by atoms with Gasteiger partial charge in [0.25, 0.3) is 5.91 Å². The second-order valence-electron chi connectivity index (χ2n) is 7.34. The van der Waals surface area contributed by atoms with Gasteiger partial charge in [-0.05, 0) is 44.8 Å². The lowest BCUT2D eigenvalue weighted by atomic mass is 9.93. The van der Waals surface area contributed by atoms with E-state index >= 15 is 0 Å². The van der Waals surface area contributed by atoms with E-state index in [1.807, 2.05) is 29.2 Å². The summed E-state index contributed by atoms with van der Waals surface area (Å²) in [6, 6.07) is 16.6. The number of carbonyl (C=O) groups excluding carboxylic acids is 1. The highest BCUT2D eigenvalue weighted by atomic mass is 16.2. The van der Waals surface area contributed by atoms with Gasteiger partial charge in [-0.15, -0.1) is 0 Å². The van der Waals surface area contributed by atoms with Crippen molar-refractivity contribution in [2.75, 3.05) is 27.2 Å². The number of amides is 1. The first-order valence-electron chi connectivity index (χ1n) is 8.99. The van der Waals surface area contributed by atoms with Crippen molar-refractivity contribution < 1.29 is 4.79 Å². The van der Waals surface area contributed by atoms with Gasteiger partial charge in [-0.25, -0.2) is 4.52 Å². The van der Waals surface area contributed by atoms with Crippen LogP contribution >= 0.6 is 0 Å². The van der Waals surface area contributed by atoms with Crippen molar-refractivity contribution in [2.45, 2.75) is 18.9 Å². The molecule has 0 aliphatic carbocycles. The molecule has 26 heavy (non-hydrogen) atoms. The van der Waals surface area contributed by atoms with Gasteiger partial charge in [0.2, 0.25) is 0 Å². The molecule has 3 aromatic rings. The predicted octanol–water partition coefficient (Wildman–Crippen LogP) is 2.81. The largest absolute Gasteiger partial charge is 0.335 e. The zero-order valence-corrected chi connectivity index (χ0v) is 15.5. The zero-order valence-electron chi connectivity index (χ0n) is 15.5. The van der Waals surface area contributed by atoms with Crippen LogP contribution in [0.5, 0.6) is 0 Å². The van der Waals surface area contributed by atoms with E-state index < -0.39 is 0 Å². The predicted molar refractivity (Wildman–Crippen MR) is 102 cm³/mol. The van der Waals surface area contributed by atoms with Crippen LogP contribution in [0.2, 0.25) is 0 Å². The van der Waals surface area contributed by atoms with Gasteiger partial charge < -0.3 is 9.80 Å². The van der Waals surface area contributed by atoms with Crippen LogP contribution in [-0.4, -0.2) is 58.5 Å². The van der Waals surface area contributed by atoms with Crippen molar-refractivity contribution in [3.8, 4) is 0 Å². The number of carbonyl (C=O) groups is 1. The van der Waals surface area contributed by atoms with E-state index in [9.17, 15) is 4.79 Å². The fourth-order valence-corrected chi connectivity index (χ4v) is 3.89. The third-order valence-electron chi connectivity index (χ3n) is 5.39. The number of aromatic nitrogens is 2. The van der Waals surface area contributed by atoms with E-state index in [0.29, 0.717) is 17.7 Å². The summed E-state index contributed by atoms with van der Waals surface area (Å²) in [4.78, 5) is 17.4. The van der Waals surface area contributed by atoms with E-state index in [4.69, 9.17) is 0 Å². The summed E-state index contributed by atoms with van der Waals surface area (Å²) in [5, 5.41) is 4.31. The number of nitrogens with zero attached hydrogens (tertiary/aromatic N) is 4. The number of hydrogen-bond donors (Lipinski definition) is 0. The van der Waals surface area contributed by atoms with Crippen LogP contribution in [-0.2, 0) is 0 Å². The second kappa shape index (κ2) is 6.57. The third-order valence-corrected chi connectivity index (χ3v) is 5.39. The van der Waals surface area contributed by atoms with Crippen molar-refractivity contribution in [3.05, 3.63) is 71.5 Å². The number of pyridine rings is 1. The van der Waals surface area contributed by atoms with Crippen LogP contribution in [0.1, 0.15) is 27.5 Å². The van der Waals surface area contributed by atoms with Gasteiger partial charge in [-0.3, -0.25) is 4.79 Å². The quantitative estimate of drug-likeness (QED) is 0.731. The Balaban J connectivity index is 1.64. The maximum atomic E-state index is 13.2. The van der Waals surface area contributed by atoms with Crippen molar-refractivity contribution in [1.82, 2.24) is 19.4 Å². The van der Waals surface area contributed by atoms with Crippen LogP contribution < -0.4 is 0 Å². The Hall–Kier alpha value is -2.66. The molecule has 2 unspecified atom stereocenters. The normalized spacial score (nSPS) is 20.2. The summed E-state index contributed by atoms with van der Waals surface area (Å²) in [6.07, 6.45) is 1.73. The minimum absolute atomic E-state index is 0.0424. The third kappa shape index (κ3) is 2.88. The summed E-state index contributed by atoms with van der Waals surface area (Å²) in [7, 11) is 4.18. The molecular formula is C21H24N4O. The molecule has 2 atom stereocenters. The molecule has 0 saturated carbocycles. The van der Waals surface area contributed by atoms with Gasteiger partial charge in [-0.1, -0.05) is 35.9 Å². The highest BCUT2D eigenvalue weighted by Gasteiger charge is 2.38. The smallest absolute Gasteiger partial charge is 0.272 e. The molecule has 5 nitrogen and oxygen atoms in total. The fourth-order valence-electron chi connectivity index (χ4n) is 3.89. The Labute approximate surface area is 153 Å². The first-order valence-corrected chi connectivity index (χ1v) is 8.99. The lowest BCUT2D eigenvalue weighted by Crippen LogP contribution is -2.36. The van der Waals surface area contributed by atoms with Gasteiger partial charge in [0.1, 0.15) is 5.69 Å². The highest BCUT2D eigenvalue weighted by Crippen LogP contribution is 2.31. The Morgan fingerprint density at radius 1 is 1.08 bits per heavy atom. The van der Waals surface area contributed by atoms with E-state index in [0.717, 1.165) is 18.6 Å². The summed E-state index contributed by atoms with van der Waals surface area (Å²) >= 11 is 0. The minimum Gasteiger partial charge on any atom is -0.335 e. The molecule has 1 aliphatic rings. The summed E-state index contributed by atoms with van der Waals surface area (Å²) in [6.45, 7) is 3.55. The summed E-state index contributed by atoms with van der Waals surface area (Å²) < 4.78 is 1.73. The molecule has 2 aromatic heterocycles. The molecule has 1 aromatic carbocycles. The topological polar surface area (TPSA) is 40.9 Å². The van der Waals surface area contributed by atoms with Crippen molar-refractivity contribution in [2.24, 2.45) is 0 Å². The maximum absolute atomic E-state index is 13.2. The van der Waals surface area contributed by atoms with Gasteiger partial charge in [-0.2, -0.15) is 5.10 Å². The molecule has 5 heteroatoms. The minimum atomic E-state index is 0.0424. The van der Waals surface area contributed by atoms with Gasteiger partial charge in [0.05, 0.1) is 11.7 Å². The standard InChI is InChI=1S/C21H24N4O/c1-15-7-9-16(10-8-15)18-13-24(14-20(18)23(2)3)21(26)19-6-4-5-17-11-12-22-25(17)19/h4-12,18,20H,13-14H2,1-3H3. The number of likely N-dealkylation sites (N-methyl/N-ethyl adjacent to an activating group) is 1. The zero-order chi connectivity index (χ0) is 18.3. The lowest BCUT2D eigenvalue weighted by molar-refractivity contribution is 0.0774. The average molecular weight is 348 g/mol. The molecule has 3 heterocycles. The molecule has 0 bridgehead atoms. The molecule has 1 aliphatic heterocycles. The van der Waals surface area contributed by atoms with Crippen molar-refractivity contribution >= 4 is 11.4 Å². The number of likely N-dealkylation sites (tertiary alicyclic amines) is 1. The second-order valence-corrected chi connectivity index (χ2v) is 7.34. The van der Waals surface area contributed by atoms with Crippen molar-refractivity contribution in [3.63, 3.8) is 0 Å². The number of rotatable bonds is 3. The average Bonchev–Trinajstić information content (AvgIpc) is 3.28. The molecule has 0 radical (unpaired) electrons. The van der Waals surface area contributed by atoms with Gasteiger partial charge in [0.15, 0.2) is 0 Å². The summed E-state index contributed by atoms with van der Waals surface area (Å²) in [5.74, 6) is 0.354. The molecule has 1 fully saturated rings. The van der Waals surface area contributed by atoms with Gasteiger partial charge in [0, 0.05) is 25.0 Å². The number of hydrogen-bond acceptors (Lipinski definition) is 3. The summed E-state index contributed by atoms with van der Waals surface area (Å²) in [5.41, 5.74) is 4.11. The number of aryl methyl sites for hydroxylation is 1. The van der Waals surface area contributed by atoms with Crippen LogP contribution in [0.3, 0.4) is 0 Å². The molecule has 1 saturated heterocycles. The van der Waals surface area contributed by atoms with Crippen LogP contribution in [0.4, 0.5) is 0 Å². The van der Waals surface area contributed by atoms with Crippen LogP contribution in [0.25, 0.3) is 5.52 Å². The molecule has 0 N–H and O–H groups in total. The number of fused-ring (bicyclic) bond motifs is 1. The van der Waals surface area contributed by atoms with Crippen LogP contribution in [0.15, 0.2) is 54.7 Å².